The monoisotopic (exact) mass is 709 g/mol. The highest BCUT2D eigenvalue weighted by atomic mass is 15.2. The SMILES string of the molecule is C=C/C=C(\CNc1c2c(cc3ccccc13)C(C)(C)c1ccccc1-2)C1C=CC(N(c2ccc(-c3ccccc3)cc2)c2ccc(-c3ccccc3)cc2)=N1. The Kier molecular flexibility index (Phi) is 8.84. The van der Waals surface area contributed by atoms with Crippen LogP contribution in [0.5, 0.6) is 0 Å². The predicted octanol–water partition coefficient (Wildman–Crippen LogP) is 13.2. The Morgan fingerprint density at radius 3 is 1.87 bits per heavy atom. The van der Waals surface area contributed by atoms with Crippen LogP contribution in [-0.2, 0) is 5.41 Å². The highest BCUT2D eigenvalue weighted by Crippen LogP contribution is 2.53. The van der Waals surface area contributed by atoms with Gasteiger partial charge in [-0.1, -0.05) is 172 Å². The average Bonchev–Trinajstić information content (AvgIpc) is 3.81. The average molecular weight is 710 g/mol. The molecule has 9 rings (SSSR count). The fraction of sp³-hybridized carbons (Fsp3) is 0.0962. The number of aliphatic imine (C=N–C) groups is 1. The molecule has 1 unspecified atom stereocenters. The first-order valence-corrected chi connectivity index (χ1v) is 19.1. The number of fused-ring (bicyclic) bond motifs is 4. The summed E-state index contributed by atoms with van der Waals surface area (Å²) in [6, 6.07) is 58.4. The van der Waals surface area contributed by atoms with E-state index in [1.165, 1.54) is 61.0 Å². The van der Waals surface area contributed by atoms with E-state index in [1.807, 2.05) is 6.08 Å². The summed E-state index contributed by atoms with van der Waals surface area (Å²) in [4.78, 5) is 7.66. The first-order valence-electron chi connectivity index (χ1n) is 19.1. The topological polar surface area (TPSA) is 27.6 Å². The summed E-state index contributed by atoms with van der Waals surface area (Å²) in [7, 11) is 0. The van der Waals surface area contributed by atoms with E-state index in [1.54, 1.807) is 0 Å². The third-order valence-electron chi connectivity index (χ3n) is 11.2. The summed E-state index contributed by atoms with van der Waals surface area (Å²) < 4.78 is 0. The standard InChI is InChI=1S/C52H43N3/c1-4-15-41(35-53-51-44-21-12-11-20-40(44)34-47-50(51)45-22-13-14-23-46(45)52(47,2)3)48-32-33-49(54-48)55(42-28-24-38(25-29-42)36-16-7-5-8-17-36)43-30-26-39(27-31-43)37-18-9-6-10-19-37/h4-34,48,53H,1,35H2,2-3H3/b41-15+. The number of amidine groups is 1. The third-order valence-corrected chi connectivity index (χ3v) is 11.2. The minimum absolute atomic E-state index is 0.0956. The summed E-state index contributed by atoms with van der Waals surface area (Å²) in [5.41, 5.74) is 14.4. The van der Waals surface area contributed by atoms with Crippen LogP contribution in [-0.4, -0.2) is 18.4 Å². The van der Waals surface area contributed by atoms with Crippen LogP contribution in [0.25, 0.3) is 44.2 Å². The number of benzene rings is 7. The van der Waals surface area contributed by atoms with Crippen molar-refractivity contribution >= 4 is 33.7 Å². The Morgan fingerprint density at radius 2 is 1.24 bits per heavy atom. The van der Waals surface area contributed by atoms with Crippen molar-refractivity contribution in [2.75, 3.05) is 16.8 Å². The molecule has 3 nitrogen and oxygen atoms in total. The van der Waals surface area contributed by atoms with E-state index in [0.29, 0.717) is 6.54 Å². The maximum atomic E-state index is 5.40. The number of hydrogen-bond donors (Lipinski definition) is 1. The number of nitrogens with zero attached hydrogens (tertiary/aromatic N) is 2. The van der Waals surface area contributed by atoms with Gasteiger partial charge in [0.1, 0.15) is 5.84 Å². The van der Waals surface area contributed by atoms with Crippen molar-refractivity contribution in [2.45, 2.75) is 25.3 Å². The van der Waals surface area contributed by atoms with Crippen LogP contribution < -0.4 is 10.2 Å². The van der Waals surface area contributed by atoms with Gasteiger partial charge in [-0.05, 0) is 86.3 Å². The summed E-state index contributed by atoms with van der Waals surface area (Å²) >= 11 is 0. The van der Waals surface area contributed by atoms with E-state index in [2.05, 4.69) is 213 Å². The molecule has 2 aliphatic rings. The van der Waals surface area contributed by atoms with Gasteiger partial charge in [0.05, 0.1) is 11.7 Å². The Labute approximate surface area is 324 Å². The Morgan fingerprint density at radius 1 is 0.673 bits per heavy atom. The summed E-state index contributed by atoms with van der Waals surface area (Å²) in [5.74, 6) is 0.890. The molecular weight excluding hydrogens is 667 g/mol. The van der Waals surface area contributed by atoms with Crippen molar-refractivity contribution in [2.24, 2.45) is 4.99 Å². The second-order valence-corrected chi connectivity index (χ2v) is 14.8. The van der Waals surface area contributed by atoms with Crippen LogP contribution >= 0.6 is 0 Å². The Bertz CT molecular complexity index is 2530. The molecular formula is C52H43N3. The minimum Gasteiger partial charge on any atom is -0.380 e. The lowest BCUT2D eigenvalue weighted by atomic mass is 9.81. The number of rotatable bonds is 9. The van der Waals surface area contributed by atoms with Gasteiger partial charge in [-0.3, -0.25) is 9.89 Å². The van der Waals surface area contributed by atoms with E-state index in [9.17, 15) is 0 Å². The summed E-state index contributed by atoms with van der Waals surface area (Å²) in [5, 5.41) is 6.41. The lowest BCUT2D eigenvalue weighted by Gasteiger charge is -2.25. The maximum Gasteiger partial charge on any atom is 0.133 e. The Balaban J connectivity index is 1.06. The van der Waals surface area contributed by atoms with E-state index in [-0.39, 0.29) is 11.5 Å². The van der Waals surface area contributed by atoms with Gasteiger partial charge in [0.2, 0.25) is 0 Å². The molecule has 1 atom stereocenters. The quantitative estimate of drug-likeness (QED) is 0.151. The number of nitrogens with one attached hydrogen (secondary N) is 1. The molecule has 0 spiro atoms. The first kappa shape index (κ1) is 34.1. The molecule has 0 saturated carbocycles. The summed E-state index contributed by atoms with van der Waals surface area (Å²) in [6.07, 6.45) is 8.37. The summed E-state index contributed by atoms with van der Waals surface area (Å²) in [6.45, 7) is 9.42. The molecule has 1 N–H and O–H groups in total. The van der Waals surface area contributed by atoms with Crippen LogP contribution in [0.2, 0.25) is 0 Å². The lowest BCUT2D eigenvalue weighted by molar-refractivity contribution is 0.661. The molecule has 7 aromatic carbocycles. The molecule has 1 aliphatic heterocycles. The molecule has 1 aliphatic carbocycles. The van der Waals surface area contributed by atoms with Crippen molar-refractivity contribution in [1.82, 2.24) is 0 Å². The second kappa shape index (κ2) is 14.3. The molecule has 1 heterocycles. The number of hydrogen-bond acceptors (Lipinski definition) is 3. The largest absolute Gasteiger partial charge is 0.380 e. The van der Waals surface area contributed by atoms with Crippen LogP contribution in [0.15, 0.2) is 205 Å². The molecule has 7 aromatic rings. The number of anilines is 3. The zero-order valence-electron chi connectivity index (χ0n) is 31.3. The van der Waals surface area contributed by atoms with Crippen LogP contribution in [0.4, 0.5) is 17.1 Å². The predicted molar refractivity (Wildman–Crippen MR) is 235 cm³/mol. The molecule has 55 heavy (non-hydrogen) atoms. The number of allylic oxidation sites excluding steroid dienone is 2. The van der Waals surface area contributed by atoms with Gasteiger partial charge in [-0.2, -0.15) is 0 Å². The zero-order chi connectivity index (χ0) is 37.4. The van der Waals surface area contributed by atoms with Gasteiger partial charge in [0.15, 0.2) is 0 Å². The molecule has 0 aromatic heterocycles. The van der Waals surface area contributed by atoms with E-state index < -0.39 is 0 Å². The zero-order valence-corrected chi connectivity index (χ0v) is 31.3. The second-order valence-electron chi connectivity index (χ2n) is 14.8. The van der Waals surface area contributed by atoms with Gasteiger partial charge in [-0.25, -0.2) is 0 Å². The van der Waals surface area contributed by atoms with E-state index in [0.717, 1.165) is 22.8 Å². The smallest absolute Gasteiger partial charge is 0.133 e. The maximum absolute atomic E-state index is 5.40. The molecule has 266 valence electrons. The molecule has 0 bridgehead atoms. The van der Waals surface area contributed by atoms with Crippen molar-refractivity contribution in [3.05, 3.63) is 211 Å². The van der Waals surface area contributed by atoms with E-state index >= 15 is 0 Å². The molecule has 0 saturated heterocycles. The minimum atomic E-state index is -0.151. The molecule has 0 amide bonds. The van der Waals surface area contributed by atoms with Gasteiger partial charge in [0, 0.05) is 34.3 Å². The van der Waals surface area contributed by atoms with Crippen molar-refractivity contribution in [1.29, 1.82) is 0 Å². The fourth-order valence-electron chi connectivity index (χ4n) is 8.32. The normalized spacial score (nSPS) is 15.3. The molecule has 0 radical (unpaired) electrons. The molecule has 0 fully saturated rings. The van der Waals surface area contributed by atoms with Crippen molar-refractivity contribution in [3.63, 3.8) is 0 Å². The van der Waals surface area contributed by atoms with Gasteiger partial charge in [-0.15, -0.1) is 0 Å². The fourth-order valence-corrected chi connectivity index (χ4v) is 8.32. The highest BCUT2D eigenvalue weighted by molar-refractivity contribution is 6.12. The van der Waals surface area contributed by atoms with Crippen molar-refractivity contribution in [3.8, 4) is 33.4 Å². The highest BCUT2D eigenvalue weighted by Gasteiger charge is 2.37. The van der Waals surface area contributed by atoms with Crippen LogP contribution in [0, 0.1) is 0 Å². The van der Waals surface area contributed by atoms with Crippen LogP contribution in [0.3, 0.4) is 0 Å². The van der Waals surface area contributed by atoms with Crippen molar-refractivity contribution < 1.29 is 0 Å². The van der Waals surface area contributed by atoms with E-state index in [4.69, 9.17) is 4.99 Å². The van der Waals surface area contributed by atoms with Gasteiger partial charge >= 0.3 is 0 Å². The van der Waals surface area contributed by atoms with Gasteiger partial charge < -0.3 is 5.32 Å². The van der Waals surface area contributed by atoms with Gasteiger partial charge in [0.25, 0.3) is 0 Å². The third kappa shape index (κ3) is 6.28. The van der Waals surface area contributed by atoms with Crippen LogP contribution in [0.1, 0.15) is 25.0 Å². The molecule has 3 heteroatoms. The lowest BCUT2D eigenvalue weighted by Crippen LogP contribution is -2.24. The first-order chi connectivity index (χ1) is 27.0. The Hall–Kier alpha value is -6.71.